The number of aryl methyl sites for hydroxylation is 1. The third kappa shape index (κ3) is 2.95. The number of rotatable bonds is 3. The molecule has 0 aromatic heterocycles. The van der Waals surface area contributed by atoms with E-state index in [1.807, 2.05) is 6.92 Å². The van der Waals surface area contributed by atoms with E-state index in [1.54, 1.807) is 18.2 Å². The van der Waals surface area contributed by atoms with E-state index >= 15 is 0 Å². The molecule has 0 spiro atoms. The second kappa shape index (κ2) is 5.16. The van der Waals surface area contributed by atoms with Gasteiger partial charge in [0.25, 0.3) is 5.69 Å². The molecule has 0 bridgehead atoms. The Morgan fingerprint density at radius 1 is 1.26 bits per heavy atom. The Bertz CT molecular complexity index is 644. The van der Waals surface area contributed by atoms with Crippen molar-refractivity contribution in [3.05, 3.63) is 57.1 Å². The van der Waals surface area contributed by atoms with E-state index in [-0.39, 0.29) is 11.4 Å². The van der Waals surface area contributed by atoms with Gasteiger partial charge in [-0.3, -0.25) is 10.1 Å². The van der Waals surface area contributed by atoms with Gasteiger partial charge in [-0.1, -0.05) is 11.6 Å². The maximum Gasteiger partial charge on any atom is 0.292 e. The average Bonchev–Trinajstić information content (AvgIpc) is 2.32. The number of nitrogens with zero attached hydrogens (tertiary/aromatic N) is 1. The Hall–Kier alpha value is -2.27. The molecule has 2 N–H and O–H groups in total. The van der Waals surface area contributed by atoms with E-state index in [0.717, 1.165) is 5.56 Å². The number of nitrogen functional groups attached to an aromatic ring is 1. The number of nitrogens with two attached hydrogens (primary N) is 1. The quantitative estimate of drug-likeness (QED) is 0.524. The highest BCUT2D eigenvalue weighted by molar-refractivity contribution is 6.30. The van der Waals surface area contributed by atoms with Crippen molar-refractivity contribution >= 4 is 23.0 Å². The molecule has 0 saturated carbocycles. The van der Waals surface area contributed by atoms with Gasteiger partial charge < -0.3 is 10.5 Å². The lowest BCUT2D eigenvalue weighted by Gasteiger charge is -2.09. The molecular weight excluding hydrogens is 268 g/mol. The molecular formula is C13H11ClN2O3. The number of benzene rings is 2. The summed E-state index contributed by atoms with van der Waals surface area (Å²) in [7, 11) is 0. The predicted molar refractivity (Wildman–Crippen MR) is 73.8 cm³/mol. The van der Waals surface area contributed by atoms with Gasteiger partial charge in [-0.2, -0.15) is 0 Å². The molecule has 0 unspecified atom stereocenters. The molecule has 2 rings (SSSR count). The van der Waals surface area contributed by atoms with Crippen molar-refractivity contribution in [2.45, 2.75) is 6.92 Å². The number of ether oxygens (including phenoxy) is 1. The highest BCUT2D eigenvalue weighted by Gasteiger charge is 2.12. The molecule has 0 radical (unpaired) electrons. The summed E-state index contributed by atoms with van der Waals surface area (Å²) in [5.41, 5.74) is 6.39. The highest BCUT2D eigenvalue weighted by Crippen LogP contribution is 2.31. The number of nitro benzene ring substituents is 1. The van der Waals surface area contributed by atoms with E-state index in [0.29, 0.717) is 16.5 Å². The summed E-state index contributed by atoms with van der Waals surface area (Å²) in [6.45, 7) is 1.86. The van der Waals surface area contributed by atoms with Gasteiger partial charge in [-0.15, -0.1) is 0 Å². The van der Waals surface area contributed by atoms with E-state index in [2.05, 4.69) is 0 Å². The lowest BCUT2D eigenvalue weighted by atomic mass is 10.2. The standard InChI is InChI=1S/C13H11ClN2O3/c1-8-6-9(14)2-5-13(8)19-10-3-4-12(16(17)18)11(15)7-10/h2-7H,15H2,1H3. The minimum atomic E-state index is -0.535. The zero-order valence-electron chi connectivity index (χ0n) is 10.1. The van der Waals surface area contributed by atoms with E-state index < -0.39 is 4.92 Å². The molecule has 0 aliphatic heterocycles. The molecule has 19 heavy (non-hydrogen) atoms. The Balaban J connectivity index is 2.29. The molecule has 0 aliphatic rings. The molecule has 0 aliphatic carbocycles. The van der Waals surface area contributed by atoms with E-state index in [9.17, 15) is 10.1 Å². The Morgan fingerprint density at radius 3 is 2.58 bits per heavy atom. The maximum absolute atomic E-state index is 10.7. The maximum atomic E-state index is 10.7. The number of anilines is 1. The molecule has 0 fully saturated rings. The second-order valence-electron chi connectivity index (χ2n) is 3.99. The van der Waals surface area contributed by atoms with Crippen molar-refractivity contribution in [2.24, 2.45) is 0 Å². The van der Waals surface area contributed by atoms with Gasteiger partial charge in [0.2, 0.25) is 0 Å². The van der Waals surface area contributed by atoms with Gasteiger partial charge in [-0.25, -0.2) is 0 Å². The summed E-state index contributed by atoms with van der Waals surface area (Å²) < 4.78 is 5.62. The van der Waals surface area contributed by atoms with Crippen molar-refractivity contribution in [1.82, 2.24) is 0 Å². The van der Waals surface area contributed by atoms with Crippen LogP contribution in [0, 0.1) is 17.0 Å². The monoisotopic (exact) mass is 278 g/mol. The molecule has 0 saturated heterocycles. The molecule has 6 heteroatoms. The van der Waals surface area contributed by atoms with Crippen LogP contribution in [-0.4, -0.2) is 4.92 Å². The van der Waals surface area contributed by atoms with Crippen LogP contribution in [0.2, 0.25) is 5.02 Å². The molecule has 98 valence electrons. The van der Waals surface area contributed by atoms with Gasteiger partial charge in [0.15, 0.2) is 0 Å². The van der Waals surface area contributed by atoms with Crippen molar-refractivity contribution in [2.75, 3.05) is 5.73 Å². The number of hydrogen-bond acceptors (Lipinski definition) is 4. The smallest absolute Gasteiger partial charge is 0.292 e. The predicted octanol–water partition coefficient (Wildman–Crippen LogP) is 3.93. The molecule has 5 nitrogen and oxygen atoms in total. The van der Waals surface area contributed by atoms with Crippen LogP contribution in [0.4, 0.5) is 11.4 Å². The SMILES string of the molecule is Cc1cc(Cl)ccc1Oc1ccc([N+](=O)[O-])c(N)c1. The summed E-state index contributed by atoms with van der Waals surface area (Å²) in [6, 6.07) is 9.45. The minimum Gasteiger partial charge on any atom is -0.457 e. The lowest BCUT2D eigenvalue weighted by molar-refractivity contribution is -0.383. The first kappa shape index (κ1) is 13.2. The number of halogens is 1. The zero-order valence-corrected chi connectivity index (χ0v) is 10.8. The van der Waals surface area contributed by atoms with Crippen molar-refractivity contribution in [3.8, 4) is 11.5 Å². The average molecular weight is 279 g/mol. The van der Waals surface area contributed by atoms with Gasteiger partial charge in [0.1, 0.15) is 17.2 Å². The van der Waals surface area contributed by atoms with Crippen LogP contribution in [0.1, 0.15) is 5.56 Å². The van der Waals surface area contributed by atoms with Crippen LogP contribution in [-0.2, 0) is 0 Å². The summed E-state index contributed by atoms with van der Waals surface area (Å²) >= 11 is 5.85. The Kier molecular flexibility index (Phi) is 3.57. The van der Waals surface area contributed by atoms with Crippen LogP contribution in [0.3, 0.4) is 0 Å². The van der Waals surface area contributed by atoms with Crippen molar-refractivity contribution in [1.29, 1.82) is 0 Å². The molecule has 0 heterocycles. The van der Waals surface area contributed by atoms with Gasteiger partial charge in [-0.05, 0) is 36.8 Å². The first-order valence-electron chi connectivity index (χ1n) is 5.45. The number of hydrogen-bond donors (Lipinski definition) is 1. The Labute approximate surface area is 114 Å². The zero-order chi connectivity index (χ0) is 14.0. The van der Waals surface area contributed by atoms with Gasteiger partial charge in [0, 0.05) is 17.2 Å². The summed E-state index contributed by atoms with van der Waals surface area (Å²) in [4.78, 5) is 10.1. The Morgan fingerprint density at radius 2 is 2.00 bits per heavy atom. The van der Waals surface area contributed by atoms with E-state index in [1.165, 1.54) is 18.2 Å². The van der Waals surface area contributed by atoms with Crippen LogP contribution in [0.5, 0.6) is 11.5 Å². The molecule has 2 aromatic rings. The van der Waals surface area contributed by atoms with E-state index in [4.69, 9.17) is 22.1 Å². The molecule has 0 atom stereocenters. The fourth-order valence-corrected chi connectivity index (χ4v) is 1.84. The van der Waals surface area contributed by atoms with Crippen LogP contribution < -0.4 is 10.5 Å². The van der Waals surface area contributed by atoms with Crippen LogP contribution in [0.25, 0.3) is 0 Å². The molecule has 0 amide bonds. The number of nitro groups is 1. The largest absolute Gasteiger partial charge is 0.457 e. The first-order chi connectivity index (χ1) is 8.97. The van der Waals surface area contributed by atoms with Gasteiger partial charge in [0.05, 0.1) is 4.92 Å². The van der Waals surface area contributed by atoms with Crippen molar-refractivity contribution < 1.29 is 9.66 Å². The normalized spacial score (nSPS) is 10.2. The van der Waals surface area contributed by atoms with Crippen LogP contribution >= 0.6 is 11.6 Å². The topological polar surface area (TPSA) is 78.4 Å². The first-order valence-corrected chi connectivity index (χ1v) is 5.83. The van der Waals surface area contributed by atoms with Crippen LogP contribution in [0.15, 0.2) is 36.4 Å². The lowest BCUT2D eigenvalue weighted by Crippen LogP contribution is -1.96. The summed E-state index contributed by atoms with van der Waals surface area (Å²) in [6.07, 6.45) is 0. The summed E-state index contributed by atoms with van der Waals surface area (Å²) in [5, 5.41) is 11.3. The second-order valence-corrected chi connectivity index (χ2v) is 4.43. The fourth-order valence-electron chi connectivity index (χ4n) is 1.62. The fraction of sp³-hybridized carbons (Fsp3) is 0.0769. The third-order valence-corrected chi connectivity index (χ3v) is 2.80. The third-order valence-electron chi connectivity index (χ3n) is 2.56. The van der Waals surface area contributed by atoms with Gasteiger partial charge >= 0.3 is 0 Å². The highest BCUT2D eigenvalue weighted by atomic mass is 35.5. The molecule has 2 aromatic carbocycles. The van der Waals surface area contributed by atoms with Crippen molar-refractivity contribution in [3.63, 3.8) is 0 Å². The summed E-state index contributed by atoms with van der Waals surface area (Å²) in [5.74, 6) is 1.06. The minimum absolute atomic E-state index is 0.0640.